The highest BCUT2D eigenvalue weighted by Gasteiger charge is 2.44. The minimum atomic E-state index is -0.818. The number of amides is 1. The van der Waals surface area contributed by atoms with E-state index in [2.05, 4.69) is 143 Å². The van der Waals surface area contributed by atoms with Crippen LogP contribution < -0.4 is 59.6 Å². The molecule has 0 saturated carbocycles. The number of carbonyl (C=O) groups excluding carboxylic acids is 2. The van der Waals surface area contributed by atoms with Crippen molar-refractivity contribution in [3.63, 3.8) is 0 Å². The minimum Gasteiger partial charge on any atom is -1.00 e. The van der Waals surface area contributed by atoms with E-state index in [1.54, 1.807) is 14.2 Å². The van der Waals surface area contributed by atoms with Gasteiger partial charge in [-0.3, -0.25) is 9.59 Å². The van der Waals surface area contributed by atoms with Crippen molar-refractivity contribution in [3.05, 3.63) is 191 Å². The van der Waals surface area contributed by atoms with Gasteiger partial charge in [0.25, 0.3) is 0 Å². The first kappa shape index (κ1) is 63.4. The Morgan fingerprint density at radius 2 is 1.30 bits per heavy atom. The van der Waals surface area contributed by atoms with Gasteiger partial charge < -0.3 is 64.4 Å². The average Bonchev–Trinajstić information content (AvgIpc) is 1.91. The molecule has 0 aromatic heterocycles. The molecule has 1 aliphatic carbocycles. The number of likely N-dealkylation sites (N-methyl/N-ethyl adjacent to an activating group) is 1. The van der Waals surface area contributed by atoms with E-state index in [0.29, 0.717) is 17.9 Å². The smallest absolute Gasteiger partial charge is 0.306 e. The van der Waals surface area contributed by atoms with Crippen molar-refractivity contribution in [2.75, 3.05) is 62.5 Å². The van der Waals surface area contributed by atoms with Crippen LogP contribution in [0.4, 0.5) is 45.5 Å². The maximum Gasteiger partial charge on any atom is 0.306 e. The Hall–Kier alpha value is -8.64. The predicted molar refractivity (Wildman–Crippen MR) is 355 cm³/mol. The van der Waals surface area contributed by atoms with E-state index in [1.807, 2.05) is 104 Å². The zero-order valence-electron chi connectivity index (χ0n) is 52.6. The molecule has 3 aliphatic heterocycles. The number of carbonyl (C=O) groups is 2. The van der Waals surface area contributed by atoms with Gasteiger partial charge in [0.05, 0.1) is 48.8 Å². The van der Waals surface area contributed by atoms with E-state index in [9.17, 15) is 9.59 Å². The minimum absolute atomic E-state index is 0. The molecule has 460 valence electrons. The fraction of sp³-hybridized carbons (Fsp3) is 0.329. The molecule has 0 spiro atoms. The Balaban J connectivity index is 0.00000873. The van der Waals surface area contributed by atoms with E-state index < -0.39 is 11.6 Å². The number of unbranched alkanes of at least 4 members (excludes halogenated alkanes) is 1. The molecule has 4 N–H and O–H groups in total. The summed E-state index contributed by atoms with van der Waals surface area (Å²) in [6, 6.07) is 44.2. The molecular formula is C73H81IN10O5. The van der Waals surface area contributed by atoms with Crippen LogP contribution in [0.15, 0.2) is 201 Å². The number of azo groups is 2. The summed E-state index contributed by atoms with van der Waals surface area (Å²) in [6.45, 7) is 18.6. The normalized spacial score (nSPS) is 18.2. The summed E-state index contributed by atoms with van der Waals surface area (Å²) in [5.41, 5.74) is 14.7. The molecule has 4 aliphatic rings. The number of hydrogen-bond acceptors (Lipinski definition) is 13. The van der Waals surface area contributed by atoms with Gasteiger partial charge in [-0.15, -0.1) is 15.3 Å². The number of allylic oxidation sites excluding steroid dienone is 7. The summed E-state index contributed by atoms with van der Waals surface area (Å²) in [7, 11) is 3.45. The second kappa shape index (κ2) is 27.4. The van der Waals surface area contributed by atoms with Crippen LogP contribution >= 0.6 is 0 Å². The van der Waals surface area contributed by atoms with Crippen LogP contribution in [0.1, 0.15) is 105 Å². The summed E-state index contributed by atoms with van der Waals surface area (Å²) in [5.74, 6) is 1.11. The van der Waals surface area contributed by atoms with Crippen molar-refractivity contribution in [3.8, 4) is 11.5 Å². The van der Waals surface area contributed by atoms with Crippen LogP contribution in [0.5, 0.6) is 11.5 Å². The molecule has 0 radical (unpaired) electrons. The highest BCUT2D eigenvalue weighted by Crippen LogP contribution is 2.50. The lowest BCUT2D eigenvalue weighted by Gasteiger charge is -2.38. The predicted octanol–water partition coefficient (Wildman–Crippen LogP) is 13.9. The van der Waals surface area contributed by atoms with Crippen LogP contribution in [0.2, 0.25) is 0 Å². The molecule has 11 rings (SSSR count). The molecule has 0 fully saturated rings. The molecule has 1 unspecified atom stereocenters. The Kier molecular flexibility index (Phi) is 19.5. The number of anilines is 3. The van der Waals surface area contributed by atoms with Crippen molar-refractivity contribution >= 4 is 84.6 Å². The molecule has 7 aromatic carbocycles. The van der Waals surface area contributed by atoms with E-state index >= 15 is 0 Å². The van der Waals surface area contributed by atoms with Crippen molar-refractivity contribution in [1.82, 2.24) is 10.6 Å². The molecule has 89 heavy (non-hydrogen) atoms. The van der Waals surface area contributed by atoms with Crippen molar-refractivity contribution in [2.24, 2.45) is 20.5 Å². The highest BCUT2D eigenvalue weighted by molar-refractivity contribution is 6.10. The number of nitrogens with one attached hydrogen (secondary N) is 4. The number of ether oxygens (including phenoxy) is 3. The Morgan fingerprint density at radius 3 is 2.01 bits per heavy atom. The number of hydrogen-bond donors (Lipinski definition) is 4. The van der Waals surface area contributed by atoms with Crippen LogP contribution in [0.25, 0.3) is 21.5 Å². The number of rotatable bonds is 22. The van der Waals surface area contributed by atoms with E-state index in [4.69, 9.17) is 24.4 Å². The number of fused-ring (bicyclic) bond motifs is 3. The van der Waals surface area contributed by atoms with Gasteiger partial charge in [0.2, 0.25) is 11.6 Å². The van der Waals surface area contributed by atoms with E-state index in [1.165, 1.54) is 50.8 Å². The Bertz CT molecular complexity index is 4040. The first-order valence-corrected chi connectivity index (χ1v) is 30.9. The monoisotopic (exact) mass is 1300 g/mol. The number of esters is 1. The quantitative estimate of drug-likeness (QED) is 0.0170. The molecule has 3 heterocycles. The average molecular weight is 1310 g/mol. The largest absolute Gasteiger partial charge is 1.00 e. The van der Waals surface area contributed by atoms with Crippen molar-refractivity contribution in [2.45, 2.75) is 110 Å². The van der Waals surface area contributed by atoms with Crippen LogP contribution in [0, 0.1) is 0 Å². The maximum absolute atomic E-state index is 13.2. The fourth-order valence-electron chi connectivity index (χ4n) is 12.9. The molecule has 1 atom stereocenters. The summed E-state index contributed by atoms with van der Waals surface area (Å²) in [4.78, 5) is 28.8. The molecule has 0 bridgehead atoms. The van der Waals surface area contributed by atoms with Crippen molar-refractivity contribution < 1.29 is 52.4 Å². The lowest BCUT2D eigenvalue weighted by Crippen LogP contribution is -3.00. The summed E-state index contributed by atoms with van der Waals surface area (Å²) >= 11 is 0. The number of nitrogens with zero attached hydrogens (tertiary/aromatic N) is 6. The zero-order chi connectivity index (χ0) is 61.6. The van der Waals surface area contributed by atoms with Crippen LogP contribution in [-0.4, -0.2) is 74.8 Å². The molecule has 0 saturated heterocycles. The number of benzene rings is 7. The third-order valence-electron chi connectivity index (χ3n) is 17.6. The van der Waals surface area contributed by atoms with Gasteiger partial charge in [0, 0.05) is 99.2 Å². The van der Waals surface area contributed by atoms with Gasteiger partial charge in [-0.05, 0) is 162 Å². The molecule has 16 heteroatoms. The van der Waals surface area contributed by atoms with Gasteiger partial charge in [-0.2, -0.15) is 9.69 Å². The molecule has 7 aromatic rings. The van der Waals surface area contributed by atoms with Gasteiger partial charge in [-0.1, -0.05) is 80.6 Å². The topological polar surface area (TPSA) is 166 Å². The van der Waals surface area contributed by atoms with Crippen molar-refractivity contribution in [1.29, 1.82) is 0 Å². The SMILES string of the molecule is CCN1/C(=C/C=C2\CCCC(/C=C/C3=[N+](CC)c4ccc(OC)cc4C3(C)C)=C2NCCCCNC(=O)CCC(=O)OCC2(C)Nc3cccc4c(N=Nc5ccc(N=Nc6ccccc6)c6ccccc56)ccc(c34)N2)C(C)(C)c2cc(OC)ccc21.[I-]. The van der Waals surface area contributed by atoms with Gasteiger partial charge >= 0.3 is 5.97 Å². The second-order valence-corrected chi connectivity index (χ2v) is 24.2. The number of halogens is 1. The zero-order valence-corrected chi connectivity index (χ0v) is 54.8. The third-order valence-corrected chi connectivity index (χ3v) is 17.6. The van der Waals surface area contributed by atoms with Gasteiger partial charge in [0.15, 0.2) is 5.71 Å². The second-order valence-electron chi connectivity index (χ2n) is 24.2. The lowest BCUT2D eigenvalue weighted by molar-refractivity contribution is -0.433. The fourth-order valence-corrected chi connectivity index (χ4v) is 12.9. The summed E-state index contributed by atoms with van der Waals surface area (Å²) in [5, 5.41) is 36.3. The van der Waals surface area contributed by atoms with Gasteiger partial charge in [0.1, 0.15) is 30.3 Å². The van der Waals surface area contributed by atoms with Gasteiger partial charge in [-0.25, -0.2) is 0 Å². The number of methoxy groups -OCH3 is 2. The third kappa shape index (κ3) is 13.4. The molecule has 1 amide bonds. The first-order valence-electron chi connectivity index (χ1n) is 30.9. The Morgan fingerprint density at radius 1 is 0.663 bits per heavy atom. The first-order chi connectivity index (χ1) is 42.6. The lowest BCUT2D eigenvalue weighted by atomic mass is 9.80. The maximum atomic E-state index is 13.2. The summed E-state index contributed by atoms with van der Waals surface area (Å²) in [6.07, 6.45) is 13.9. The van der Waals surface area contributed by atoms with Crippen LogP contribution in [-0.2, 0) is 25.2 Å². The van der Waals surface area contributed by atoms with E-state index in [-0.39, 0.29) is 60.2 Å². The summed E-state index contributed by atoms with van der Waals surface area (Å²) < 4.78 is 19.6. The standard InChI is InChI=1S/C73H80N10O5.HI/c1-10-82-63-37-31-51(86-8)45-56(63)71(3,4)65(82)39-29-48-21-19-22-49(30-40-66-72(5,6)57-46-52(87-9)32-38-64(57)83(66)11-2)70(48)75-44-18-17-43-74-67(84)41-42-68(85)88-47-73(7)76-61-28-20-27-55-60(35-36-62(77-73)69(55)61)81-80-59-34-33-58(53-25-15-16-26-54(53)59)79-78-50-23-13-12-14-24-50;/h12-16,20,23-40,45-46H,10-11,17-19,21-22,41-44,47H2,1-9H3,(H3,74,76,77,78,80,84);1H/b48-29+,65-39+;. The van der Waals surface area contributed by atoms with Crippen LogP contribution in [0.3, 0.4) is 0 Å². The Labute approximate surface area is 540 Å². The molecule has 15 nitrogen and oxygen atoms in total. The highest BCUT2D eigenvalue weighted by atomic mass is 127. The molecular weight excluding hydrogens is 1220 g/mol. The van der Waals surface area contributed by atoms with E-state index in [0.717, 1.165) is 108 Å².